The molecule has 106 valence electrons. The summed E-state index contributed by atoms with van der Waals surface area (Å²) in [6.07, 6.45) is -4.42. The molecule has 1 heterocycles. The van der Waals surface area contributed by atoms with Crippen LogP contribution in [0.2, 0.25) is 0 Å². The van der Waals surface area contributed by atoms with Crippen molar-refractivity contribution in [1.82, 2.24) is 9.71 Å². The Kier molecular flexibility index (Phi) is 3.62. The quantitative estimate of drug-likeness (QED) is 0.657. The summed E-state index contributed by atoms with van der Waals surface area (Å²) in [7, 11) is 0. The van der Waals surface area contributed by atoms with Gasteiger partial charge < -0.3 is 5.21 Å². The molecule has 5 nitrogen and oxygen atoms in total. The van der Waals surface area contributed by atoms with Crippen LogP contribution in [0.25, 0.3) is 0 Å². The zero-order valence-corrected chi connectivity index (χ0v) is 10.5. The highest BCUT2D eigenvalue weighted by Crippen LogP contribution is 2.31. The Balaban J connectivity index is 2.27. The Labute approximate surface area is 113 Å². The van der Waals surface area contributed by atoms with Crippen molar-refractivity contribution >= 4 is 11.8 Å². The number of benzene rings is 1. The van der Waals surface area contributed by atoms with Crippen LogP contribution in [0.5, 0.6) is 0 Å². The molecule has 0 fully saturated rings. The second-order valence-electron chi connectivity index (χ2n) is 3.71. The first kappa shape index (κ1) is 14.3. The molecule has 0 aliphatic rings. The molecule has 0 atom stereocenters. The monoisotopic (exact) mass is 304 g/mol. The van der Waals surface area contributed by atoms with Crippen molar-refractivity contribution in [3.63, 3.8) is 0 Å². The molecule has 2 aromatic rings. The number of nitrogens with one attached hydrogen (secondary N) is 1. The fourth-order valence-electron chi connectivity index (χ4n) is 1.36. The summed E-state index contributed by atoms with van der Waals surface area (Å²) in [6, 6.07) is 5.19. The van der Waals surface area contributed by atoms with Gasteiger partial charge in [-0.3, -0.25) is 9.78 Å². The van der Waals surface area contributed by atoms with Crippen molar-refractivity contribution in [1.29, 1.82) is 0 Å². The van der Waals surface area contributed by atoms with E-state index in [0.717, 1.165) is 30.0 Å². The number of alkyl halides is 3. The zero-order chi connectivity index (χ0) is 14.9. The van der Waals surface area contributed by atoms with Crippen molar-refractivity contribution in [2.45, 2.75) is 16.1 Å². The third-order valence-electron chi connectivity index (χ3n) is 2.30. The lowest BCUT2D eigenvalue weighted by Gasteiger charge is -2.07. The van der Waals surface area contributed by atoms with Crippen LogP contribution in [0.4, 0.5) is 13.2 Å². The SMILES string of the molecule is O=c1cc(Sc2ccc(C(F)(F)F)cc2)[nH]c(=O)n1O. The van der Waals surface area contributed by atoms with Gasteiger partial charge in [0.1, 0.15) is 0 Å². The fraction of sp³-hybridized carbons (Fsp3) is 0.0909. The Morgan fingerprint density at radius 3 is 2.25 bits per heavy atom. The van der Waals surface area contributed by atoms with E-state index in [1.165, 1.54) is 12.1 Å². The number of aromatic nitrogens is 2. The first-order valence-corrected chi connectivity index (χ1v) is 6.00. The first-order valence-electron chi connectivity index (χ1n) is 5.18. The van der Waals surface area contributed by atoms with Crippen molar-refractivity contribution in [3.8, 4) is 0 Å². The first-order chi connectivity index (χ1) is 9.27. The van der Waals surface area contributed by atoms with Crippen molar-refractivity contribution in [2.75, 3.05) is 0 Å². The van der Waals surface area contributed by atoms with E-state index in [0.29, 0.717) is 4.90 Å². The predicted molar refractivity (Wildman–Crippen MR) is 64.1 cm³/mol. The Bertz CT molecular complexity index is 703. The number of halogens is 3. The molecule has 0 unspecified atom stereocenters. The van der Waals surface area contributed by atoms with Gasteiger partial charge in [0.05, 0.1) is 10.6 Å². The van der Waals surface area contributed by atoms with Crippen LogP contribution in [0, 0.1) is 0 Å². The van der Waals surface area contributed by atoms with E-state index in [-0.39, 0.29) is 9.76 Å². The minimum absolute atomic E-state index is 0.100. The van der Waals surface area contributed by atoms with Crippen molar-refractivity contribution < 1.29 is 18.4 Å². The highest BCUT2D eigenvalue weighted by molar-refractivity contribution is 7.99. The molecule has 0 saturated heterocycles. The smallest absolute Gasteiger partial charge is 0.416 e. The van der Waals surface area contributed by atoms with Gasteiger partial charge in [-0.2, -0.15) is 13.2 Å². The summed E-state index contributed by atoms with van der Waals surface area (Å²) in [5.41, 5.74) is -2.74. The van der Waals surface area contributed by atoms with Crippen LogP contribution < -0.4 is 11.2 Å². The van der Waals surface area contributed by atoms with E-state index in [9.17, 15) is 22.8 Å². The van der Waals surface area contributed by atoms with E-state index in [2.05, 4.69) is 4.98 Å². The zero-order valence-electron chi connectivity index (χ0n) is 9.64. The molecule has 0 bridgehead atoms. The summed E-state index contributed by atoms with van der Waals surface area (Å²) in [4.78, 5) is 24.9. The van der Waals surface area contributed by atoms with Crippen LogP contribution in [-0.2, 0) is 6.18 Å². The van der Waals surface area contributed by atoms with Crippen LogP contribution >= 0.6 is 11.8 Å². The highest BCUT2D eigenvalue weighted by Gasteiger charge is 2.29. The molecule has 1 aromatic carbocycles. The Morgan fingerprint density at radius 1 is 1.15 bits per heavy atom. The van der Waals surface area contributed by atoms with E-state index >= 15 is 0 Å². The van der Waals surface area contributed by atoms with Crippen LogP contribution in [0.1, 0.15) is 5.56 Å². The maximum absolute atomic E-state index is 12.4. The minimum atomic E-state index is -4.42. The second-order valence-corrected chi connectivity index (χ2v) is 4.83. The number of H-pyrrole nitrogens is 1. The van der Waals surface area contributed by atoms with Gasteiger partial charge in [0.2, 0.25) is 0 Å². The topological polar surface area (TPSA) is 75.1 Å². The van der Waals surface area contributed by atoms with Crippen molar-refractivity contribution in [2.24, 2.45) is 0 Å². The standard InChI is InChI=1S/C11H7F3N2O3S/c12-11(13,14)6-1-3-7(4-2-6)20-8-5-9(17)16(19)10(18)15-8/h1-5,19H,(H,15,18). The van der Waals surface area contributed by atoms with Gasteiger partial charge in [-0.05, 0) is 24.3 Å². The fourth-order valence-corrected chi connectivity index (χ4v) is 2.19. The van der Waals surface area contributed by atoms with Gasteiger partial charge in [-0.25, -0.2) is 4.79 Å². The van der Waals surface area contributed by atoms with Gasteiger partial charge in [0.15, 0.2) is 0 Å². The summed E-state index contributed by atoms with van der Waals surface area (Å²) in [6.45, 7) is 0. The van der Waals surface area contributed by atoms with Crippen LogP contribution in [0.15, 0.2) is 49.8 Å². The third-order valence-corrected chi connectivity index (χ3v) is 3.24. The molecular formula is C11H7F3N2O3S. The maximum atomic E-state index is 12.4. The minimum Gasteiger partial charge on any atom is -0.421 e. The second kappa shape index (κ2) is 5.08. The number of hydrogen-bond donors (Lipinski definition) is 2. The lowest BCUT2D eigenvalue weighted by Crippen LogP contribution is -2.32. The summed E-state index contributed by atoms with van der Waals surface area (Å²) in [5, 5.41) is 9.06. The molecule has 0 saturated carbocycles. The van der Waals surface area contributed by atoms with Crippen LogP contribution in [0.3, 0.4) is 0 Å². The molecular weight excluding hydrogens is 297 g/mol. The average Bonchev–Trinajstić information content (AvgIpc) is 2.35. The molecule has 2 N–H and O–H groups in total. The normalized spacial score (nSPS) is 11.6. The van der Waals surface area contributed by atoms with Gasteiger partial charge in [0, 0.05) is 11.0 Å². The van der Waals surface area contributed by atoms with Gasteiger partial charge >= 0.3 is 11.9 Å². The largest absolute Gasteiger partial charge is 0.421 e. The number of aromatic amines is 1. The van der Waals surface area contributed by atoms with Crippen molar-refractivity contribution in [3.05, 3.63) is 56.7 Å². The highest BCUT2D eigenvalue weighted by atomic mass is 32.2. The van der Waals surface area contributed by atoms with E-state index in [1.54, 1.807) is 0 Å². The summed E-state index contributed by atoms with van der Waals surface area (Å²) in [5.74, 6) is 0. The Morgan fingerprint density at radius 2 is 1.75 bits per heavy atom. The number of nitrogens with zero attached hydrogens (tertiary/aromatic N) is 1. The molecule has 1 aromatic heterocycles. The Hall–Kier alpha value is -2.16. The molecule has 0 radical (unpaired) electrons. The lowest BCUT2D eigenvalue weighted by atomic mass is 10.2. The van der Waals surface area contributed by atoms with E-state index < -0.39 is 23.0 Å². The third kappa shape index (κ3) is 3.05. The molecule has 20 heavy (non-hydrogen) atoms. The molecule has 0 aliphatic heterocycles. The summed E-state index contributed by atoms with van der Waals surface area (Å²) >= 11 is 0.897. The molecule has 0 spiro atoms. The average molecular weight is 304 g/mol. The molecule has 2 rings (SSSR count). The lowest BCUT2D eigenvalue weighted by molar-refractivity contribution is -0.137. The number of rotatable bonds is 2. The van der Waals surface area contributed by atoms with Gasteiger partial charge in [-0.15, -0.1) is 0 Å². The predicted octanol–water partition coefficient (Wildman–Crippen LogP) is 1.94. The molecule has 0 amide bonds. The van der Waals surface area contributed by atoms with E-state index in [4.69, 9.17) is 5.21 Å². The molecule has 0 aliphatic carbocycles. The van der Waals surface area contributed by atoms with Crippen LogP contribution in [-0.4, -0.2) is 14.9 Å². The van der Waals surface area contributed by atoms with Gasteiger partial charge in [0.25, 0.3) is 5.56 Å². The maximum Gasteiger partial charge on any atom is 0.416 e. The number of hydrogen-bond acceptors (Lipinski definition) is 4. The summed E-state index contributed by atoms with van der Waals surface area (Å²) < 4.78 is 37.0. The molecule has 9 heteroatoms. The van der Waals surface area contributed by atoms with E-state index in [1.807, 2.05) is 0 Å². The van der Waals surface area contributed by atoms with Gasteiger partial charge in [-0.1, -0.05) is 16.5 Å².